The SMILES string of the molecule is CCCN(CCC)[C@H]1COc2ccc3ccccc3c2C1. The zero-order chi connectivity index (χ0) is 14.7. The molecule has 1 aliphatic rings. The van der Waals surface area contributed by atoms with Crippen LogP contribution in [0.5, 0.6) is 5.75 Å². The van der Waals surface area contributed by atoms with Crippen LogP contribution in [0.3, 0.4) is 0 Å². The Morgan fingerprint density at radius 3 is 2.57 bits per heavy atom. The smallest absolute Gasteiger partial charge is 0.123 e. The van der Waals surface area contributed by atoms with E-state index in [0.29, 0.717) is 6.04 Å². The molecule has 0 unspecified atom stereocenters. The lowest BCUT2D eigenvalue weighted by Gasteiger charge is -2.35. The van der Waals surface area contributed by atoms with E-state index >= 15 is 0 Å². The van der Waals surface area contributed by atoms with Gasteiger partial charge in [-0.15, -0.1) is 0 Å². The number of hydrogen-bond donors (Lipinski definition) is 0. The molecule has 0 amide bonds. The van der Waals surface area contributed by atoms with Gasteiger partial charge in [0.25, 0.3) is 0 Å². The van der Waals surface area contributed by atoms with Gasteiger partial charge in [-0.3, -0.25) is 4.90 Å². The van der Waals surface area contributed by atoms with Crippen LogP contribution in [0.25, 0.3) is 10.8 Å². The van der Waals surface area contributed by atoms with Crippen molar-refractivity contribution in [2.45, 2.75) is 39.2 Å². The van der Waals surface area contributed by atoms with Gasteiger partial charge in [0.2, 0.25) is 0 Å². The van der Waals surface area contributed by atoms with Crippen molar-refractivity contribution in [2.75, 3.05) is 19.7 Å². The lowest BCUT2D eigenvalue weighted by Crippen LogP contribution is -2.44. The van der Waals surface area contributed by atoms with Crippen molar-refractivity contribution in [2.24, 2.45) is 0 Å². The normalized spacial score (nSPS) is 17.8. The maximum Gasteiger partial charge on any atom is 0.123 e. The van der Waals surface area contributed by atoms with Gasteiger partial charge in [0, 0.05) is 11.6 Å². The van der Waals surface area contributed by atoms with E-state index in [1.807, 2.05) is 0 Å². The van der Waals surface area contributed by atoms with Gasteiger partial charge >= 0.3 is 0 Å². The standard InChI is InChI=1S/C19H25NO/c1-3-11-20(12-4-2)16-13-18-17-8-6-5-7-15(17)9-10-19(18)21-14-16/h5-10,16H,3-4,11-14H2,1-2H3/t16-/m1/s1. The molecule has 21 heavy (non-hydrogen) atoms. The summed E-state index contributed by atoms with van der Waals surface area (Å²) in [4.78, 5) is 2.60. The molecule has 0 saturated carbocycles. The topological polar surface area (TPSA) is 12.5 Å². The first kappa shape index (κ1) is 14.4. The second kappa shape index (κ2) is 6.48. The molecule has 2 aromatic carbocycles. The first-order chi connectivity index (χ1) is 10.3. The van der Waals surface area contributed by atoms with E-state index in [1.54, 1.807) is 0 Å². The third-order valence-electron chi connectivity index (χ3n) is 4.41. The second-order valence-corrected chi connectivity index (χ2v) is 5.97. The van der Waals surface area contributed by atoms with Crippen LogP contribution >= 0.6 is 0 Å². The number of hydrogen-bond acceptors (Lipinski definition) is 2. The minimum atomic E-state index is 0.517. The Hall–Kier alpha value is -1.54. The highest BCUT2D eigenvalue weighted by molar-refractivity contribution is 5.88. The van der Waals surface area contributed by atoms with Gasteiger partial charge in [0.15, 0.2) is 0 Å². The lowest BCUT2D eigenvalue weighted by atomic mass is 9.95. The van der Waals surface area contributed by atoms with Crippen molar-refractivity contribution in [3.8, 4) is 5.75 Å². The molecule has 2 aromatic rings. The van der Waals surface area contributed by atoms with Crippen molar-refractivity contribution in [3.63, 3.8) is 0 Å². The van der Waals surface area contributed by atoms with Crippen LogP contribution in [-0.4, -0.2) is 30.6 Å². The van der Waals surface area contributed by atoms with Crippen molar-refractivity contribution in [3.05, 3.63) is 42.0 Å². The van der Waals surface area contributed by atoms with Gasteiger partial charge in [-0.1, -0.05) is 44.2 Å². The molecule has 3 rings (SSSR count). The van der Waals surface area contributed by atoms with Crippen molar-refractivity contribution in [1.29, 1.82) is 0 Å². The number of benzene rings is 2. The quantitative estimate of drug-likeness (QED) is 0.812. The Balaban J connectivity index is 1.91. The zero-order valence-electron chi connectivity index (χ0n) is 13.1. The molecule has 0 fully saturated rings. The van der Waals surface area contributed by atoms with Crippen LogP contribution in [0.4, 0.5) is 0 Å². The van der Waals surface area contributed by atoms with Gasteiger partial charge in [0.1, 0.15) is 12.4 Å². The highest BCUT2D eigenvalue weighted by Gasteiger charge is 2.25. The average Bonchev–Trinajstić information content (AvgIpc) is 2.54. The van der Waals surface area contributed by atoms with Crippen LogP contribution in [0, 0.1) is 0 Å². The molecular formula is C19H25NO. The molecule has 2 heteroatoms. The zero-order valence-corrected chi connectivity index (χ0v) is 13.1. The van der Waals surface area contributed by atoms with Crippen molar-refractivity contribution >= 4 is 10.8 Å². The largest absolute Gasteiger partial charge is 0.492 e. The highest BCUT2D eigenvalue weighted by Crippen LogP contribution is 2.33. The molecule has 1 aliphatic heterocycles. The summed E-state index contributed by atoms with van der Waals surface area (Å²) in [5.74, 6) is 1.08. The Kier molecular flexibility index (Phi) is 4.45. The van der Waals surface area contributed by atoms with Gasteiger partial charge in [-0.25, -0.2) is 0 Å². The summed E-state index contributed by atoms with van der Waals surface area (Å²) < 4.78 is 6.08. The van der Waals surface area contributed by atoms with Gasteiger partial charge in [0.05, 0.1) is 0 Å². The fraction of sp³-hybridized carbons (Fsp3) is 0.474. The van der Waals surface area contributed by atoms with E-state index in [1.165, 1.54) is 42.3 Å². The van der Waals surface area contributed by atoms with Crippen LogP contribution in [0.2, 0.25) is 0 Å². The van der Waals surface area contributed by atoms with Crippen molar-refractivity contribution in [1.82, 2.24) is 4.90 Å². The third kappa shape index (κ3) is 2.91. The first-order valence-electron chi connectivity index (χ1n) is 8.21. The summed E-state index contributed by atoms with van der Waals surface area (Å²) in [5, 5.41) is 2.67. The van der Waals surface area contributed by atoms with Crippen LogP contribution in [0.1, 0.15) is 32.3 Å². The molecule has 2 nitrogen and oxygen atoms in total. The Bertz CT molecular complexity index is 602. The summed E-state index contributed by atoms with van der Waals surface area (Å²) in [5.41, 5.74) is 1.39. The summed E-state index contributed by atoms with van der Waals surface area (Å²) in [7, 11) is 0. The molecule has 112 valence electrons. The van der Waals surface area contributed by atoms with E-state index in [4.69, 9.17) is 4.74 Å². The first-order valence-corrected chi connectivity index (χ1v) is 8.21. The maximum absolute atomic E-state index is 6.08. The summed E-state index contributed by atoms with van der Waals surface area (Å²) in [6.07, 6.45) is 3.52. The molecule has 1 heterocycles. The predicted molar refractivity (Wildman–Crippen MR) is 89.1 cm³/mol. The van der Waals surface area contributed by atoms with E-state index in [2.05, 4.69) is 55.1 Å². The van der Waals surface area contributed by atoms with Crippen LogP contribution in [0.15, 0.2) is 36.4 Å². The number of rotatable bonds is 5. The molecule has 0 bridgehead atoms. The average molecular weight is 283 g/mol. The van der Waals surface area contributed by atoms with Crippen LogP contribution in [-0.2, 0) is 6.42 Å². The van der Waals surface area contributed by atoms with Gasteiger partial charge < -0.3 is 4.74 Å². The maximum atomic E-state index is 6.08. The molecule has 0 spiro atoms. The molecule has 0 radical (unpaired) electrons. The Morgan fingerprint density at radius 2 is 1.81 bits per heavy atom. The summed E-state index contributed by atoms with van der Waals surface area (Å²) >= 11 is 0. The highest BCUT2D eigenvalue weighted by atomic mass is 16.5. The van der Waals surface area contributed by atoms with E-state index < -0.39 is 0 Å². The molecular weight excluding hydrogens is 258 g/mol. The summed E-state index contributed by atoms with van der Waals surface area (Å²) in [6, 6.07) is 13.5. The number of ether oxygens (including phenoxy) is 1. The van der Waals surface area contributed by atoms with E-state index in [-0.39, 0.29) is 0 Å². The van der Waals surface area contributed by atoms with Crippen LogP contribution < -0.4 is 4.74 Å². The lowest BCUT2D eigenvalue weighted by molar-refractivity contribution is 0.119. The predicted octanol–water partition coefficient (Wildman–Crippen LogP) is 4.27. The molecule has 0 aliphatic carbocycles. The number of nitrogens with zero attached hydrogens (tertiary/aromatic N) is 1. The fourth-order valence-corrected chi connectivity index (χ4v) is 3.43. The minimum absolute atomic E-state index is 0.517. The third-order valence-corrected chi connectivity index (χ3v) is 4.41. The fourth-order valence-electron chi connectivity index (χ4n) is 3.43. The molecule has 0 aromatic heterocycles. The van der Waals surface area contributed by atoms with E-state index in [0.717, 1.165) is 18.8 Å². The minimum Gasteiger partial charge on any atom is -0.492 e. The molecule has 0 N–H and O–H groups in total. The Morgan fingerprint density at radius 1 is 1.05 bits per heavy atom. The molecule has 1 atom stereocenters. The number of fused-ring (bicyclic) bond motifs is 3. The monoisotopic (exact) mass is 283 g/mol. The van der Waals surface area contributed by atoms with Gasteiger partial charge in [-0.2, -0.15) is 0 Å². The Labute approximate surface area is 127 Å². The van der Waals surface area contributed by atoms with Gasteiger partial charge in [-0.05, 0) is 49.2 Å². The van der Waals surface area contributed by atoms with Crippen molar-refractivity contribution < 1.29 is 4.74 Å². The summed E-state index contributed by atoms with van der Waals surface area (Å²) in [6.45, 7) is 7.68. The van der Waals surface area contributed by atoms with E-state index in [9.17, 15) is 0 Å². The molecule has 0 saturated heterocycles. The second-order valence-electron chi connectivity index (χ2n) is 5.97.